The van der Waals surface area contributed by atoms with Crippen molar-refractivity contribution in [3.05, 3.63) is 30.6 Å². The van der Waals surface area contributed by atoms with Gasteiger partial charge in [-0.15, -0.1) is 0 Å². The predicted molar refractivity (Wildman–Crippen MR) is 50.2 cm³/mol. The third-order valence-corrected chi connectivity index (χ3v) is 1.16. The van der Waals surface area contributed by atoms with Crippen LogP contribution in [-0.4, -0.2) is 22.6 Å². The molecule has 0 aromatic carbocycles. The summed E-state index contributed by atoms with van der Waals surface area (Å²) in [6.07, 6.45) is 4.27. The maximum Gasteiger partial charge on any atom is 0.303 e. The summed E-state index contributed by atoms with van der Waals surface area (Å²) in [6, 6.07) is 5.72. The quantitative estimate of drug-likeness (QED) is 0.727. The number of hydrogen-bond donors (Lipinski definition) is 2. The van der Waals surface area contributed by atoms with E-state index in [4.69, 9.17) is 10.8 Å². The van der Waals surface area contributed by atoms with Crippen molar-refractivity contribution in [1.82, 2.24) is 4.98 Å². The van der Waals surface area contributed by atoms with Gasteiger partial charge in [-0.05, 0) is 25.1 Å². The lowest BCUT2D eigenvalue weighted by molar-refractivity contribution is -0.137. The minimum atomic E-state index is -0.773. The van der Waals surface area contributed by atoms with Gasteiger partial charge in [0, 0.05) is 18.8 Å². The number of carbonyl (C=O) groups is 1. The molecule has 0 aliphatic rings. The van der Waals surface area contributed by atoms with Gasteiger partial charge in [-0.3, -0.25) is 9.78 Å². The highest BCUT2D eigenvalue weighted by Gasteiger charge is 1.91. The first-order valence-corrected chi connectivity index (χ1v) is 4.04. The number of nitrogens with zero attached hydrogens (tertiary/aromatic N) is 1. The van der Waals surface area contributed by atoms with E-state index >= 15 is 0 Å². The normalized spacial score (nSPS) is 8.38. The molecule has 72 valence electrons. The topological polar surface area (TPSA) is 76.2 Å². The zero-order valence-electron chi connectivity index (χ0n) is 7.39. The largest absolute Gasteiger partial charge is 0.481 e. The van der Waals surface area contributed by atoms with Gasteiger partial charge in [0.15, 0.2) is 0 Å². The zero-order chi connectivity index (χ0) is 9.94. The average Bonchev–Trinajstić information content (AvgIpc) is 2.18. The maximum absolute atomic E-state index is 9.70. The van der Waals surface area contributed by atoms with Crippen LogP contribution in [0.1, 0.15) is 12.8 Å². The van der Waals surface area contributed by atoms with Gasteiger partial charge >= 0.3 is 5.97 Å². The fraction of sp³-hybridized carbons (Fsp3) is 0.333. The molecule has 1 aromatic heterocycles. The van der Waals surface area contributed by atoms with E-state index in [9.17, 15) is 4.79 Å². The molecule has 4 nitrogen and oxygen atoms in total. The summed E-state index contributed by atoms with van der Waals surface area (Å²) in [7, 11) is 0. The molecule has 0 saturated carbocycles. The summed E-state index contributed by atoms with van der Waals surface area (Å²) in [4.78, 5) is 13.5. The van der Waals surface area contributed by atoms with Crippen molar-refractivity contribution in [3.63, 3.8) is 0 Å². The highest BCUT2D eigenvalue weighted by atomic mass is 16.4. The van der Waals surface area contributed by atoms with Crippen molar-refractivity contribution in [2.45, 2.75) is 12.8 Å². The van der Waals surface area contributed by atoms with Crippen LogP contribution in [0, 0.1) is 0 Å². The molecular formula is C9H14N2O2. The van der Waals surface area contributed by atoms with Gasteiger partial charge < -0.3 is 10.8 Å². The Bertz CT molecular complexity index is 187. The Balaban J connectivity index is 0.000000223. The van der Waals surface area contributed by atoms with E-state index in [2.05, 4.69) is 4.98 Å². The first kappa shape index (κ1) is 11.6. The summed E-state index contributed by atoms with van der Waals surface area (Å²) < 4.78 is 0. The molecule has 3 N–H and O–H groups in total. The predicted octanol–water partition coefficient (Wildman–Crippen LogP) is 0.891. The van der Waals surface area contributed by atoms with Crippen LogP contribution in [0.3, 0.4) is 0 Å². The third-order valence-electron chi connectivity index (χ3n) is 1.16. The third kappa shape index (κ3) is 10.6. The highest BCUT2D eigenvalue weighted by molar-refractivity contribution is 5.66. The standard InChI is InChI=1S/C5H5N.C4H9NO2/c1-2-4-6-5-3-1;5-3-1-2-4(6)7/h1-5H;1-3,5H2,(H,6,7). The fourth-order valence-corrected chi connectivity index (χ4v) is 0.566. The van der Waals surface area contributed by atoms with Crippen LogP contribution in [0.2, 0.25) is 0 Å². The van der Waals surface area contributed by atoms with Gasteiger partial charge in [-0.1, -0.05) is 6.07 Å². The molecule has 13 heavy (non-hydrogen) atoms. The minimum Gasteiger partial charge on any atom is -0.481 e. The molecule has 0 radical (unpaired) electrons. The molecule has 0 spiro atoms. The van der Waals surface area contributed by atoms with Crippen LogP contribution >= 0.6 is 0 Å². The van der Waals surface area contributed by atoms with Crippen molar-refractivity contribution in [2.24, 2.45) is 5.73 Å². The summed E-state index contributed by atoms with van der Waals surface area (Å²) in [5.74, 6) is -0.773. The van der Waals surface area contributed by atoms with Crippen molar-refractivity contribution >= 4 is 5.97 Å². The first-order chi connectivity index (χ1) is 6.27. The summed E-state index contributed by atoms with van der Waals surface area (Å²) in [5.41, 5.74) is 5.01. The Hall–Kier alpha value is -1.42. The number of aromatic nitrogens is 1. The number of rotatable bonds is 3. The van der Waals surface area contributed by atoms with Crippen molar-refractivity contribution < 1.29 is 9.90 Å². The van der Waals surface area contributed by atoms with E-state index in [-0.39, 0.29) is 6.42 Å². The number of carboxylic acids is 1. The van der Waals surface area contributed by atoms with E-state index in [1.807, 2.05) is 18.2 Å². The molecule has 0 saturated heterocycles. The highest BCUT2D eigenvalue weighted by Crippen LogP contribution is 1.82. The Morgan fingerprint density at radius 1 is 1.31 bits per heavy atom. The molecule has 0 atom stereocenters. The molecule has 0 amide bonds. The lowest BCUT2D eigenvalue weighted by Gasteiger charge is -1.86. The molecule has 1 heterocycles. The fourth-order valence-electron chi connectivity index (χ4n) is 0.566. The SMILES string of the molecule is NCCCC(=O)O.c1ccncc1. The summed E-state index contributed by atoms with van der Waals surface area (Å²) in [6.45, 7) is 0.465. The van der Waals surface area contributed by atoms with Crippen LogP contribution in [-0.2, 0) is 4.79 Å². The maximum atomic E-state index is 9.70. The lowest BCUT2D eigenvalue weighted by Crippen LogP contribution is -2.02. The molecule has 0 fully saturated rings. The lowest BCUT2D eigenvalue weighted by atomic mass is 10.3. The molecule has 0 aliphatic carbocycles. The first-order valence-electron chi connectivity index (χ1n) is 4.04. The smallest absolute Gasteiger partial charge is 0.303 e. The van der Waals surface area contributed by atoms with Gasteiger partial charge in [0.05, 0.1) is 0 Å². The second kappa shape index (κ2) is 8.67. The number of hydrogen-bond acceptors (Lipinski definition) is 3. The molecule has 1 aromatic rings. The van der Waals surface area contributed by atoms with Crippen molar-refractivity contribution in [1.29, 1.82) is 0 Å². The Kier molecular flexibility index (Phi) is 7.73. The molecular weight excluding hydrogens is 168 g/mol. The Morgan fingerprint density at radius 3 is 2.08 bits per heavy atom. The van der Waals surface area contributed by atoms with Gasteiger partial charge in [-0.2, -0.15) is 0 Å². The van der Waals surface area contributed by atoms with Crippen molar-refractivity contribution in [3.8, 4) is 0 Å². The molecule has 1 rings (SSSR count). The molecule has 4 heteroatoms. The summed E-state index contributed by atoms with van der Waals surface area (Å²) in [5, 5.41) is 7.99. The van der Waals surface area contributed by atoms with Crippen LogP contribution in [0.25, 0.3) is 0 Å². The van der Waals surface area contributed by atoms with Crippen LogP contribution < -0.4 is 5.73 Å². The molecule has 0 aliphatic heterocycles. The van der Waals surface area contributed by atoms with Gasteiger partial charge in [0.2, 0.25) is 0 Å². The second-order valence-electron chi connectivity index (χ2n) is 2.31. The Labute approximate surface area is 77.4 Å². The van der Waals surface area contributed by atoms with E-state index < -0.39 is 5.97 Å². The van der Waals surface area contributed by atoms with E-state index in [0.717, 1.165) is 0 Å². The Morgan fingerprint density at radius 2 is 1.92 bits per heavy atom. The molecule has 0 bridgehead atoms. The minimum absolute atomic E-state index is 0.191. The van der Waals surface area contributed by atoms with E-state index in [1.165, 1.54) is 0 Å². The van der Waals surface area contributed by atoms with E-state index in [0.29, 0.717) is 13.0 Å². The van der Waals surface area contributed by atoms with Crippen LogP contribution in [0.4, 0.5) is 0 Å². The number of nitrogens with two attached hydrogens (primary N) is 1. The zero-order valence-corrected chi connectivity index (χ0v) is 7.39. The second-order valence-corrected chi connectivity index (χ2v) is 2.31. The van der Waals surface area contributed by atoms with Crippen LogP contribution in [0.5, 0.6) is 0 Å². The van der Waals surface area contributed by atoms with Crippen LogP contribution in [0.15, 0.2) is 30.6 Å². The number of aliphatic carboxylic acids is 1. The van der Waals surface area contributed by atoms with Gasteiger partial charge in [0.25, 0.3) is 0 Å². The molecule has 0 unspecified atom stereocenters. The van der Waals surface area contributed by atoms with Gasteiger partial charge in [-0.25, -0.2) is 0 Å². The van der Waals surface area contributed by atoms with E-state index in [1.54, 1.807) is 12.4 Å². The van der Waals surface area contributed by atoms with Crippen molar-refractivity contribution in [2.75, 3.05) is 6.54 Å². The van der Waals surface area contributed by atoms with Gasteiger partial charge in [0.1, 0.15) is 0 Å². The average molecular weight is 182 g/mol. The number of pyridine rings is 1. The number of carboxylic acid groups (broad SMARTS) is 1. The summed E-state index contributed by atoms with van der Waals surface area (Å²) >= 11 is 0. The monoisotopic (exact) mass is 182 g/mol.